The monoisotopic (exact) mass is 344 g/mol. The van der Waals surface area contributed by atoms with Gasteiger partial charge in [0.2, 0.25) is 12.7 Å². The molecule has 7 heteroatoms. The summed E-state index contributed by atoms with van der Waals surface area (Å²) in [6.45, 7) is 8.44. The standard InChI is InChI=1S/C18H24N4O3/c1-18(2,3)16-19-11-20-17(21-16)22(7-8-23-4)10-13-5-6-14-15(9-13)25-12-24-14/h5-6,9,11H,7-8,10,12H2,1-4H3. The van der Waals surface area contributed by atoms with Gasteiger partial charge in [-0.05, 0) is 17.7 Å². The van der Waals surface area contributed by atoms with E-state index in [9.17, 15) is 0 Å². The second kappa shape index (κ2) is 7.23. The lowest BCUT2D eigenvalue weighted by atomic mass is 9.96. The van der Waals surface area contributed by atoms with Gasteiger partial charge in [0.15, 0.2) is 11.5 Å². The lowest BCUT2D eigenvalue weighted by Gasteiger charge is -2.24. The Morgan fingerprint density at radius 2 is 1.96 bits per heavy atom. The van der Waals surface area contributed by atoms with E-state index in [1.807, 2.05) is 18.2 Å². The fourth-order valence-corrected chi connectivity index (χ4v) is 2.51. The molecule has 0 spiro atoms. The second-order valence-corrected chi connectivity index (χ2v) is 6.96. The molecule has 0 amide bonds. The van der Waals surface area contributed by atoms with Crippen molar-refractivity contribution < 1.29 is 14.2 Å². The number of ether oxygens (including phenoxy) is 3. The van der Waals surface area contributed by atoms with Crippen molar-refractivity contribution in [2.75, 3.05) is 32.0 Å². The smallest absolute Gasteiger partial charge is 0.231 e. The third kappa shape index (κ3) is 4.17. The van der Waals surface area contributed by atoms with Crippen molar-refractivity contribution in [1.29, 1.82) is 0 Å². The molecular weight excluding hydrogens is 320 g/mol. The Morgan fingerprint density at radius 1 is 1.16 bits per heavy atom. The molecule has 1 aliphatic heterocycles. The predicted octanol–water partition coefficient (Wildman–Crippen LogP) is 2.55. The molecule has 0 fully saturated rings. The number of benzene rings is 1. The van der Waals surface area contributed by atoms with Crippen molar-refractivity contribution in [2.24, 2.45) is 0 Å². The maximum absolute atomic E-state index is 5.46. The first kappa shape index (κ1) is 17.4. The minimum Gasteiger partial charge on any atom is -0.454 e. The number of fused-ring (bicyclic) bond motifs is 1. The average molecular weight is 344 g/mol. The summed E-state index contributed by atoms with van der Waals surface area (Å²) in [5, 5.41) is 0. The molecule has 0 unspecified atom stereocenters. The van der Waals surface area contributed by atoms with Crippen molar-refractivity contribution >= 4 is 5.95 Å². The van der Waals surface area contributed by atoms with Crippen LogP contribution in [-0.2, 0) is 16.7 Å². The SMILES string of the molecule is COCCN(Cc1ccc2c(c1)OCO2)c1ncnc(C(C)(C)C)n1. The summed E-state index contributed by atoms with van der Waals surface area (Å²) in [6, 6.07) is 5.95. The zero-order chi connectivity index (χ0) is 17.9. The van der Waals surface area contributed by atoms with Crippen LogP contribution in [0.15, 0.2) is 24.5 Å². The first-order valence-electron chi connectivity index (χ1n) is 8.29. The number of hydrogen-bond donors (Lipinski definition) is 0. The molecule has 1 aromatic carbocycles. The number of aromatic nitrogens is 3. The maximum Gasteiger partial charge on any atom is 0.231 e. The Bertz CT molecular complexity index is 731. The largest absolute Gasteiger partial charge is 0.454 e. The van der Waals surface area contributed by atoms with E-state index in [-0.39, 0.29) is 12.2 Å². The van der Waals surface area contributed by atoms with Crippen molar-refractivity contribution in [3.05, 3.63) is 35.9 Å². The van der Waals surface area contributed by atoms with Gasteiger partial charge in [-0.1, -0.05) is 26.8 Å². The van der Waals surface area contributed by atoms with Gasteiger partial charge < -0.3 is 19.1 Å². The van der Waals surface area contributed by atoms with Crippen LogP contribution in [0.25, 0.3) is 0 Å². The minimum atomic E-state index is -0.136. The molecule has 0 N–H and O–H groups in total. The van der Waals surface area contributed by atoms with Gasteiger partial charge in [-0.3, -0.25) is 0 Å². The topological polar surface area (TPSA) is 69.6 Å². The predicted molar refractivity (Wildman–Crippen MR) is 94.0 cm³/mol. The Balaban J connectivity index is 1.84. The number of anilines is 1. The highest BCUT2D eigenvalue weighted by atomic mass is 16.7. The van der Waals surface area contributed by atoms with Crippen molar-refractivity contribution in [1.82, 2.24) is 15.0 Å². The summed E-state index contributed by atoms with van der Waals surface area (Å²) in [6.07, 6.45) is 1.57. The van der Waals surface area contributed by atoms with Gasteiger partial charge in [-0.25, -0.2) is 9.97 Å². The highest BCUT2D eigenvalue weighted by molar-refractivity contribution is 5.45. The summed E-state index contributed by atoms with van der Waals surface area (Å²) in [5.41, 5.74) is 0.960. The fraction of sp³-hybridized carbons (Fsp3) is 0.500. The molecule has 0 aliphatic carbocycles. The first-order chi connectivity index (χ1) is 12.0. The third-order valence-corrected chi connectivity index (χ3v) is 3.89. The van der Waals surface area contributed by atoms with Crippen LogP contribution in [-0.4, -0.2) is 42.0 Å². The molecular formula is C18H24N4O3. The van der Waals surface area contributed by atoms with Crippen LogP contribution in [0.3, 0.4) is 0 Å². The Hall–Kier alpha value is -2.41. The molecule has 0 saturated carbocycles. The van der Waals surface area contributed by atoms with Crippen molar-refractivity contribution in [3.63, 3.8) is 0 Å². The summed E-state index contributed by atoms with van der Waals surface area (Å²) in [5.74, 6) is 2.97. The lowest BCUT2D eigenvalue weighted by molar-refractivity contribution is 0.174. The van der Waals surface area contributed by atoms with E-state index in [4.69, 9.17) is 14.2 Å². The summed E-state index contributed by atoms with van der Waals surface area (Å²) >= 11 is 0. The van der Waals surface area contributed by atoms with E-state index in [2.05, 4.69) is 40.6 Å². The molecule has 2 heterocycles. The number of hydrogen-bond acceptors (Lipinski definition) is 7. The van der Waals surface area contributed by atoms with E-state index in [1.54, 1.807) is 13.4 Å². The van der Waals surface area contributed by atoms with E-state index < -0.39 is 0 Å². The zero-order valence-corrected chi connectivity index (χ0v) is 15.2. The third-order valence-electron chi connectivity index (χ3n) is 3.89. The summed E-state index contributed by atoms with van der Waals surface area (Å²) in [7, 11) is 1.69. The van der Waals surface area contributed by atoms with E-state index in [1.165, 1.54) is 0 Å². The van der Waals surface area contributed by atoms with Gasteiger partial charge in [-0.15, -0.1) is 0 Å². The Kier molecular flexibility index (Phi) is 5.03. The number of rotatable bonds is 6. The fourth-order valence-electron chi connectivity index (χ4n) is 2.51. The minimum absolute atomic E-state index is 0.136. The van der Waals surface area contributed by atoms with Gasteiger partial charge >= 0.3 is 0 Å². The van der Waals surface area contributed by atoms with Gasteiger partial charge in [0, 0.05) is 25.6 Å². The lowest BCUT2D eigenvalue weighted by Crippen LogP contribution is -2.30. The van der Waals surface area contributed by atoms with Gasteiger partial charge in [-0.2, -0.15) is 4.98 Å². The van der Waals surface area contributed by atoms with E-state index in [0.717, 1.165) is 22.9 Å². The number of methoxy groups -OCH3 is 1. The van der Waals surface area contributed by atoms with Crippen LogP contribution < -0.4 is 14.4 Å². The first-order valence-corrected chi connectivity index (χ1v) is 8.29. The van der Waals surface area contributed by atoms with Gasteiger partial charge in [0.05, 0.1) is 6.61 Å². The normalized spacial score (nSPS) is 13.1. The molecule has 0 saturated heterocycles. The molecule has 1 aliphatic rings. The Labute approximate surface area is 148 Å². The molecule has 1 aromatic heterocycles. The zero-order valence-electron chi connectivity index (χ0n) is 15.2. The molecule has 7 nitrogen and oxygen atoms in total. The molecule has 0 radical (unpaired) electrons. The van der Waals surface area contributed by atoms with E-state index in [0.29, 0.717) is 25.6 Å². The highest BCUT2D eigenvalue weighted by Crippen LogP contribution is 2.33. The molecule has 25 heavy (non-hydrogen) atoms. The van der Waals surface area contributed by atoms with Crippen molar-refractivity contribution in [2.45, 2.75) is 32.7 Å². The van der Waals surface area contributed by atoms with Gasteiger partial charge in [0.25, 0.3) is 0 Å². The summed E-state index contributed by atoms with van der Waals surface area (Å²) in [4.78, 5) is 15.4. The second-order valence-electron chi connectivity index (χ2n) is 6.96. The van der Waals surface area contributed by atoms with Crippen LogP contribution >= 0.6 is 0 Å². The summed E-state index contributed by atoms with van der Waals surface area (Å²) < 4.78 is 16.1. The molecule has 3 rings (SSSR count). The Morgan fingerprint density at radius 3 is 2.72 bits per heavy atom. The maximum atomic E-state index is 5.46. The van der Waals surface area contributed by atoms with Crippen molar-refractivity contribution in [3.8, 4) is 11.5 Å². The molecule has 0 bridgehead atoms. The van der Waals surface area contributed by atoms with Crippen LogP contribution in [0.2, 0.25) is 0 Å². The number of nitrogens with zero attached hydrogens (tertiary/aromatic N) is 4. The van der Waals surface area contributed by atoms with E-state index >= 15 is 0 Å². The van der Waals surface area contributed by atoms with Crippen LogP contribution in [0.1, 0.15) is 32.2 Å². The molecule has 0 atom stereocenters. The van der Waals surface area contributed by atoms with Gasteiger partial charge in [0.1, 0.15) is 12.2 Å². The average Bonchev–Trinajstić information content (AvgIpc) is 3.05. The van der Waals surface area contributed by atoms with Crippen LogP contribution in [0.4, 0.5) is 5.95 Å². The molecule has 2 aromatic rings. The molecule has 134 valence electrons. The highest BCUT2D eigenvalue weighted by Gasteiger charge is 2.21. The van der Waals surface area contributed by atoms with Crippen LogP contribution in [0, 0.1) is 0 Å². The van der Waals surface area contributed by atoms with Crippen LogP contribution in [0.5, 0.6) is 11.5 Å². The quantitative estimate of drug-likeness (QED) is 0.797.